The quantitative estimate of drug-likeness (QED) is 0.742. The molecular weight excluding hydrogens is 294 g/mol. The van der Waals surface area contributed by atoms with Gasteiger partial charge in [-0.05, 0) is 18.2 Å². The Morgan fingerprint density at radius 3 is 2.81 bits per heavy atom. The monoisotopic (exact) mass is 303 g/mol. The number of hydrogen-bond donors (Lipinski definition) is 1. The van der Waals surface area contributed by atoms with E-state index >= 15 is 0 Å². The van der Waals surface area contributed by atoms with Gasteiger partial charge in [0, 0.05) is 22.3 Å². The lowest BCUT2D eigenvalue weighted by Gasteiger charge is -1.99. The molecule has 0 radical (unpaired) electrons. The highest BCUT2D eigenvalue weighted by Crippen LogP contribution is 2.26. The van der Waals surface area contributed by atoms with E-state index in [2.05, 4.69) is 20.1 Å². The maximum atomic E-state index is 5.96. The summed E-state index contributed by atoms with van der Waals surface area (Å²) >= 11 is 5.96. The van der Waals surface area contributed by atoms with Crippen LogP contribution in [0.5, 0.6) is 5.88 Å². The van der Waals surface area contributed by atoms with Gasteiger partial charge in [-0.1, -0.05) is 16.8 Å². The van der Waals surface area contributed by atoms with Crippen molar-refractivity contribution in [2.24, 2.45) is 0 Å². The molecule has 21 heavy (non-hydrogen) atoms. The van der Waals surface area contributed by atoms with E-state index in [0.29, 0.717) is 39.6 Å². The van der Waals surface area contributed by atoms with Crippen LogP contribution >= 0.6 is 11.6 Å². The standard InChI is InChI=1S/C13H10ClN5O2/c1-20-11-5-10(16-6-17-11)12-18-13(21-19-12)7-2-8(14)4-9(15)3-7/h2-6H,15H2,1H3. The fourth-order valence-electron chi connectivity index (χ4n) is 1.75. The molecule has 2 heterocycles. The molecule has 3 aromatic rings. The average molecular weight is 304 g/mol. The third-order valence-electron chi connectivity index (χ3n) is 2.67. The summed E-state index contributed by atoms with van der Waals surface area (Å²) in [4.78, 5) is 12.3. The maximum absolute atomic E-state index is 5.96. The van der Waals surface area contributed by atoms with Crippen LogP contribution < -0.4 is 10.5 Å². The van der Waals surface area contributed by atoms with Crippen LogP contribution in [0.4, 0.5) is 5.69 Å². The largest absolute Gasteiger partial charge is 0.481 e. The summed E-state index contributed by atoms with van der Waals surface area (Å²) in [7, 11) is 1.52. The molecule has 106 valence electrons. The van der Waals surface area contributed by atoms with Crippen LogP contribution in [0, 0.1) is 0 Å². The van der Waals surface area contributed by atoms with Gasteiger partial charge in [-0.2, -0.15) is 4.98 Å². The molecule has 3 rings (SSSR count). The van der Waals surface area contributed by atoms with Gasteiger partial charge in [-0.15, -0.1) is 0 Å². The van der Waals surface area contributed by atoms with Gasteiger partial charge in [-0.25, -0.2) is 9.97 Å². The van der Waals surface area contributed by atoms with Crippen molar-refractivity contribution in [2.45, 2.75) is 0 Å². The van der Waals surface area contributed by atoms with E-state index in [1.54, 1.807) is 24.3 Å². The molecule has 8 heteroatoms. The molecular formula is C13H10ClN5O2. The first kappa shape index (κ1) is 13.3. The van der Waals surface area contributed by atoms with E-state index in [1.165, 1.54) is 13.4 Å². The lowest BCUT2D eigenvalue weighted by atomic mass is 10.2. The molecule has 0 amide bonds. The fraction of sp³-hybridized carbons (Fsp3) is 0.0769. The molecule has 2 aromatic heterocycles. The second-order valence-electron chi connectivity index (χ2n) is 4.14. The Bertz CT molecular complexity index is 769. The van der Waals surface area contributed by atoms with Crippen molar-refractivity contribution in [1.29, 1.82) is 0 Å². The molecule has 0 atom stereocenters. The van der Waals surface area contributed by atoms with Gasteiger partial charge < -0.3 is 15.0 Å². The van der Waals surface area contributed by atoms with Crippen molar-refractivity contribution >= 4 is 17.3 Å². The summed E-state index contributed by atoms with van der Waals surface area (Å²) in [5.41, 5.74) is 7.39. The van der Waals surface area contributed by atoms with E-state index < -0.39 is 0 Å². The van der Waals surface area contributed by atoms with Gasteiger partial charge in [0.15, 0.2) is 0 Å². The van der Waals surface area contributed by atoms with Gasteiger partial charge in [0.2, 0.25) is 11.7 Å². The number of nitrogens with two attached hydrogens (primary N) is 1. The normalized spacial score (nSPS) is 10.6. The minimum atomic E-state index is 0.303. The first-order chi connectivity index (χ1) is 10.2. The fourth-order valence-corrected chi connectivity index (χ4v) is 2.00. The highest BCUT2D eigenvalue weighted by molar-refractivity contribution is 6.31. The molecule has 0 saturated heterocycles. The molecule has 0 aliphatic heterocycles. The van der Waals surface area contributed by atoms with Crippen LogP contribution in [0.2, 0.25) is 5.02 Å². The van der Waals surface area contributed by atoms with Crippen LogP contribution in [0.15, 0.2) is 35.1 Å². The lowest BCUT2D eigenvalue weighted by molar-refractivity contribution is 0.397. The first-order valence-corrected chi connectivity index (χ1v) is 6.30. The summed E-state index contributed by atoms with van der Waals surface area (Å²) in [5, 5.41) is 4.38. The molecule has 0 saturated carbocycles. The van der Waals surface area contributed by atoms with Gasteiger partial charge in [0.05, 0.1) is 7.11 Å². The summed E-state index contributed by atoms with van der Waals surface area (Å²) in [6.07, 6.45) is 1.36. The van der Waals surface area contributed by atoms with Crippen molar-refractivity contribution in [2.75, 3.05) is 12.8 Å². The Hall–Kier alpha value is -2.67. The molecule has 0 spiro atoms. The zero-order valence-corrected chi connectivity index (χ0v) is 11.7. The zero-order valence-electron chi connectivity index (χ0n) is 10.9. The number of hydrogen-bond acceptors (Lipinski definition) is 7. The summed E-state index contributed by atoms with van der Waals surface area (Å²) in [6, 6.07) is 6.64. The number of rotatable bonds is 3. The van der Waals surface area contributed by atoms with Crippen molar-refractivity contribution in [3.05, 3.63) is 35.6 Å². The van der Waals surface area contributed by atoms with Gasteiger partial charge >= 0.3 is 0 Å². The summed E-state index contributed by atoms with van der Waals surface area (Å²) < 4.78 is 10.2. The van der Waals surface area contributed by atoms with Gasteiger partial charge in [-0.3, -0.25) is 0 Å². The van der Waals surface area contributed by atoms with Crippen LogP contribution in [-0.2, 0) is 0 Å². The third kappa shape index (κ3) is 2.77. The van der Waals surface area contributed by atoms with Crippen molar-refractivity contribution in [3.8, 4) is 28.9 Å². The number of nitrogen functional groups attached to an aromatic ring is 1. The van der Waals surface area contributed by atoms with E-state index in [-0.39, 0.29) is 0 Å². The molecule has 0 aliphatic rings. The minimum absolute atomic E-state index is 0.303. The Labute approximate surface area is 124 Å². The maximum Gasteiger partial charge on any atom is 0.258 e. The zero-order chi connectivity index (χ0) is 14.8. The predicted octanol–water partition coefficient (Wildman–Crippen LogP) is 2.44. The van der Waals surface area contributed by atoms with Crippen LogP contribution in [0.3, 0.4) is 0 Å². The Kier molecular flexibility index (Phi) is 3.41. The van der Waals surface area contributed by atoms with Crippen molar-refractivity contribution in [3.63, 3.8) is 0 Å². The summed E-state index contributed by atoms with van der Waals surface area (Å²) in [6.45, 7) is 0. The predicted molar refractivity (Wildman–Crippen MR) is 76.7 cm³/mol. The Balaban J connectivity index is 1.99. The number of aromatic nitrogens is 4. The number of halogens is 1. The number of nitrogens with zero attached hydrogens (tertiary/aromatic N) is 4. The molecule has 2 N–H and O–H groups in total. The van der Waals surface area contributed by atoms with E-state index in [1.807, 2.05) is 0 Å². The van der Waals surface area contributed by atoms with E-state index in [9.17, 15) is 0 Å². The number of anilines is 1. The Morgan fingerprint density at radius 1 is 1.19 bits per heavy atom. The highest BCUT2D eigenvalue weighted by Gasteiger charge is 2.13. The summed E-state index contributed by atoms with van der Waals surface area (Å²) in [5.74, 6) is 1.04. The molecule has 0 unspecified atom stereocenters. The molecule has 7 nitrogen and oxygen atoms in total. The molecule has 1 aromatic carbocycles. The third-order valence-corrected chi connectivity index (χ3v) is 2.89. The number of benzene rings is 1. The second kappa shape index (κ2) is 5.37. The average Bonchev–Trinajstić information content (AvgIpc) is 2.96. The van der Waals surface area contributed by atoms with Gasteiger partial charge in [0.1, 0.15) is 12.0 Å². The minimum Gasteiger partial charge on any atom is -0.481 e. The lowest BCUT2D eigenvalue weighted by Crippen LogP contribution is -1.92. The van der Waals surface area contributed by atoms with Crippen molar-refractivity contribution < 1.29 is 9.26 Å². The Morgan fingerprint density at radius 2 is 2.05 bits per heavy atom. The number of methoxy groups -OCH3 is 1. The molecule has 0 aliphatic carbocycles. The topological polar surface area (TPSA) is 100.0 Å². The number of ether oxygens (including phenoxy) is 1. The van der Waals surface area contributed by atoms with Crippen LogP contribution in [0.1, 0.15) is 0 Å². The van der Waals surface area contributed by atoms with E-state index in [0.717, 1.165) is 0 Å². The van der Waals surface area contributed by atoms with Gasteiger partial charge in [0.25, 0.3) is 5.89 Å². The smallest absolute Gasteiger partial charge is 0.258 e. The SMILES string of the molecule is COc1cc(-c2noc(-c3cc(N)cc(Cl)c3)n2)ncn1. The van der Waals surface area contributed by atoms with E-state index in [4.69, 9.17) is 26.6 Å². The second-order valence-corrected chi connectivity index (χ2v) is 4.58. The van der Waals surface area contributed by atoms with Crippen LogP contribution in [0.25, 0.3) is 23.0 Å². The highest BCUT2D eigenvalue weighted by atomic mass is 35.5. The molecule has 0 fully saturated rings. The van der Waals surface area contributed by atoms with Crippen molar-refractivity contribution in [1.82, 2.24) is 20.1 Å². The first-order valence-electron chi connectivity index (χ1n) is 5.92. The molecule has 0 bridgehead atoms. The van der Waals surface area contributed by atoms with Crippen LogP contribution in [-0.4, -0.2) is 27.2 Å².